The van der Waals surface area contributed by atoms with Crippen LogP contribution in [0.5, 0.6) is 0 Å². The van der Waals surface area contributed by atoms with Gasteiger partial charge in [0.1, 0.15) is 6.04 Å². The fourth-order valence-electron chi connectivity index (χ4n) is 2.23. The molecule has 1 aliphatic heterocycles. The van der Waals surface area contributed by atoms with Crippen molar-refractivity contribution in [3.05, 3.63) is 0 Å². The summed E-state index contributed by atoms with van der Waals surface area (Å²) < 4.78 is 0. The predicted octanol–water partition coefficient (Wildman–Crippen LogP) is 2.07. The molecule has 1 rings (SSSR count). The number of rotatable bonds is 5. The molecule has 0 spiro atoms. The van der Waals surface area contributed by atoms with Gasteiger partial charge in [0.15, 0.2) is 0 Å². The molecule has 0 aromatic carbocycles. The van der Waals surface area contributed by atoms with Crippen molar-refractivity contribution in [3.8, 4) is 0 Å². The number of carboxylic acids is 1. The van der Waals surface area contributed by atoms with Crippen LogP contribution in [0, 0.1) is 5.92 Å². The SMILES string of the molecule is CC.CCN1CCN(C(=O)CCC(C)C)CC1C(=O)O. The highest BCUT2D eigenvalue weighted by Crippen LogP contribution is 2.13. The van der Waals surface area contributed by atoms with Crippen molar-refractivity contribution in [1.29, 1.82) is 0 Å². The van der Waals surface area contributed by atoms with Crippen LogP contribution < -0.4 is 0 Å². The van der Waals surface area contributed by atoms with Crippen LogP contribution in [0.3, 0.4) is 0 Å². The molecule has 1 N–H and O–H groups in total. The second kappa shape index (κ2) is 9.75. The van der Waals surface area contributed by atoms with Crippen molar-refractivity contribution < 1.29 is 14.7 Å². The van der Waals surface area contributed by atoms with Crippen molar-refractivity contribution in [2.24, 2.45) is 5.92 Å². The Morgan fingerprint density at radius 2 is 1.85 bits per heavy atom. The van der Waals surface area contributed by atoms with Crippen LogP contribution in [0.4, 0.5) is 0 Å². The molecule has 1 fully saturated rings. The zero-order valence-corrected chi connectivity index (χ0v) is 13.6. The van der Waals surface area contributed by atoms with Crippen molar-refractivity contribution in [3.63, 3.8) is 0 Å². The number of likely N-dealkylation sites (N-methyl/N-ethyl adjacent to an activating group) is 1. The molecule has 1 atom stereocenters. The van der Waals surface area contributed by atoms with Crippen LogP contribution in [0.25, 0.3) is 0 Å². The molecule has 0 radical (unpaired) electrons. The van der Waals surface area contributed by atoms with Crippen LogP contribution in [-0.4, -0.2) is 59.0 Å². The van der Waals surface area contributed by atoms with Crippen LogP contribution >= 0.6 is 0 Å². The van der Waals surface area contributed by atoms with Gasteiger partial charge in [-0.3, -0.25) is 14.5 Å². The number of nitrogens with zero attached hydrogens (tertiary/aromatic N) is 2. The first-order valence-corrected chi connectivity index (χ1v) is 7.70. The minimum absolute atomic E-state index is 0.0886. The second-order valence-corrected chi connectivity index (χ2v) is 5.25. The molecule has 0 aromatic heterocycles. The van der Waals surface area contributed by atoms with Gasteiger partial charge in [-0.15, -0.1) is 0 Å². The number of carbonyl (C=O) groups excluding carboxylic acids is 1. The summed E-state index contributed by atoms with van der Waals surface area (Å²) in [6, 6.07) is -0.549. The lowest BCUT2D eigenvalue weighted by Crippen LogP contribution is -2.57. The lowest BCUT2D eigenvalue weighted by Gasteiger charge is -2.38. The smallest absolute Gasteiger partial charge is 0.322 e. The van der Waals surface area contributed by atoms with Crippen LogP contribution in [0.2, 0.25) is 0 Å². The van der Waals surface area contributed by atoms with Gasteiger partial charge < -0.3 is 10.0 Å². The number of aliphatic carboxylic acids is 1. The van der Waals surface area contributed by atoms with Crippen LogP contribution in [-0.2, 0) is 9.59 Å². The molecular formula is C15H30N2O3. The maximum atomic E-state index is 12.0. The molecule has 1 amide bonds. The minimum atomic E-state index is -0.835. The second-order valence-electron chi connectivity index (χ2n) is 5.25. The zero-order valence-electron chi connectivity index (χ0n) is 13.6. The highest BCUT2D eigenvalue weighted by Gasteiger charge is 2.32. The Labute approximate surface area is 122 Å². The van der Waals surface area contributed by atoms with E-state index in [4.69, 9.17) is 0 Å². The molecule has 0 aromatic rings. The van der Waals surface area contributed by atoms with Gasteiger partial charge in [0.2, 0.25) is 5.91 Å². The summed E-state index contributed by atoms with van der Waals surface area (Å²) in [7, 11) is 0. The Hall–Kier alpha value is -1.10. The maximum absolute atomic E-state index is 12.0. The van der Waals surface area contributed by atoms with Gasteiger partial charge in [0, 0.05) is 26.1 Å². The number of amides is 1. The highest BCUT2D eigenvalue weighted by molar-refractivity contribution is 5.79. The van der Waals surface area contributed by atoms with E-state index >= 15 is 0 Å². The summed E-state index contributed by atoms with van der Waals surface area (Å²) in [5, 5.41) is 9.18. The van der Waals surface area contributed by atoms with Crippen molar-refractivity contribution in [1.82, 2.24) is 9.80 Å². The molecule has 5 nitrogen and oxygen atoms in total. The van der Waals surface area contributed by atoms with Gasteiger partial charge in [0.05, 0.1) is 0 Å². The predicted molar refractivity (Wildman–Crippen MR) is 80.7 cm³/mol. The Morgan fingerprint density at radius 3 is 2.30 bits per heavy atom. The van der Waals surface area contributed by atoms with Crippen molar-refractivity contribution >= 4 is 11.9 Å². The number of carbonyl (C=O) groups is 2. The molecule has 5 heteroatoms. The van der Waals surface area contributed by atoms with Crippen LogP contribution in [0.15, 0.2) is 0 Å². The molecule has 1 aliphatic rings. The molecule has 20 heavy (non-hydrogen) atoms. The van der Waals surface area contributed by atoms with E-state index in [0.717, 1.165) is 6.42 Å². The minimum Gasteiger partial charge on any atom is -0.480 e. The Morgan fingerprint density at radius 1 is 1.25 bits per heavy atom. The third kappa shape index (κ3) is 5.90. The van der Waals surface area contributed by atoms with E-state index in [1.807, 2.05) is 25.7 Å². The average molecular weight is 286 g/mol. The molecule has 1 saturated heterocycles. The molecule has 0 saturated carbocycles. The number of carboxylic acid groups (broad SMARTS) is 1. The molecule has 0 bridgehead atoms. The van der Waals surface area contributed by atoms with Gasteiger partial charge in [-0.2, -0.15) is 0 Å². The van der Waals surface area contributed by atoms with Gasteiger partial charge >= 0.3 is 5.97 Å². The number of piperazine rings is 1. The Kier molecular flexibility index (Phi) is 9.21. The van der Waals surface area contributed by atoms with E-state index in [9.17, 15) is 14.7 Å². The van der Waals surface area contributed by atoms with E-state index in [1.165, 1.54) is 0 Å². The lowest BCUT2D eigenvalue weighted by atomic mass is 10.1. The Balaban J connectivity index is 0.00000172. The molecule has 1 unspecified atom stereocenters. The largest absolute Gasteiger partial charge is 0.480 e. The maximum Gasteiger partial charge on any atom is 0.322 e. The molecule has 118 valence electrons. The normalized spacial score (nSPS) is 19.5. The number of hydrogen-bond donors (Lipinski definition) is 1. The monoisotopic (exact) mass is 286 g/mol. The summed E-state index contributed by atoms with van der Waals surface area (Å²) in [5.74, 6) is -0.245. The van der Waals surface area contributed by atoms with Crippen molar-refractivity contribution in [2.75, 3.05) is 26.2 Å². The third-order valence-corrected chi connectivity index (χ3v) is 3.47. The lowest BCUT2D eigenvalue weighted by molar-refractivity contribution is -0.148. The molecular weight excluding hydrogens is 256 g/mol. The average Bonchev–Trinajstić information content (AvgIpc) is 2.45. The quantitative estimate of drug-likeness (QED) is 0.840. The zero-order chi connectivity index (χ0) is 15.7. The van der Waals surface area contributed by atoms with E-state index in [-0.39, 0.29) is 5.91 Å². The van der Waals surface area contributed by atoms with E-state index < -0.39 is 12.0 Å². The fraction of sp³-hybridized carbons (Fsp3) is 0.867. The van der Waals surface area contributed by atoms with Crippen LogP contribution in [0.1, 0.15) is 47.5 Å². The summed E-state index contributed by atoms with van der Waals surface area (Å²) in [5.41, 5.74) is 0. The van der Waals surface area contributed by atoms with E-state index in [0.29, 0.717) is 38.5 Å². The van der Waals surface area contributed by atoms with Gasteiger partial charge in [-0.25, -0.2) is 0 Å². The first kappa shape index (κ1) is 18.9. The summed E-state index contributed by atoms with van der Waals surface area (Å²) in [6.45, 7) is 12.5. The Bertz CT molecular complexity index is 305. The van der Waals surface area contributed by atoms with E-state index in [2.05, 4.69) is 13.8 Å². The summed E-state index contributed by atoms with van der Waals surface area (Å²) in [6.07, 6.45) is 1.39. The standard InChI is InChI=1S/C13H24N2O3.C2H6/c1-4-14-7-8-15(9-11(14)13(17)18)12(16)6-5-10(2)3;1-2/h10-11H,4-9H2,1-3H3,(H,17,18);1-2H3. The topological polar surface area (TPSA) is 60.9 Å². The fourth-order valence-corrected chi connectivity index (χ4v) is 2.23. The van der Waals surface area contributed by atoms with Gasteiger partial charge in [-0.05, 0) is 18.9 Å². The van der Waals surface area contributed by atoms with E-state index in [1.54, 1.807) is 4.90 Å². The van der Waals surface area contributed by atoms with Crippen molar-refractivity contribution in [2.45, 2.75) is 53.5 Å². The van der Waals surface area contributed by atoms with Gasteiger partial charge in [0.25, 0.3) is 0 Å². The summed E-state index contributed by atoms with van der Waals surface area (Å²) >= 11 is 0. The van der Waals surface area contributed by atoms with Gasteiger partial charge in [-0.1, -0.05) is 34.6 Å². The highest BCUT2D eigenvalue weighted by atomic mass is 16.4. The first-order chi connectivity index (χ1) is 9.45. The first-order valence-electron chi connectivity index (χ1n) is 7.70. The number of hydrogen-bond acceptors (Lipinski definition) is 3. The summed E-state index contributed by atoms with van der Waals surface area (Å²) in [4.78, 5) is 26.8. The molecule has 1 heterocycles. The molecule has 0 aliphatic carbocycles. The third-order valence-electron chi connectivity index (χ3n) is 3.47.